The van der Waals surface area contributed by atoms with Crippen LogP contribution in [0.4, 0.5) is 0 Å². The Morgan fingerprint density at radius 1 is 1.29 bits per heavy atom. The van der Waals surface area contributed by atoms with Crippen LogP contribution in [0, 0.1) is 6.92 Å². The van der Waals surface area contributed by atoms with E-state index in [-0.39, 0.29) is 12.4 Å². The van der Waals surface area contributed by atoms with E-state index in [1.54, 1.807) is 0 Å². The molecule has 1 aromatic heterocycles. The highest BCUT2D eigenvalue weighted by Gasteiger charge is 2.00. The molecule has 0 bridgehead atoms. The number of alkyl halides is 1. The molecule has 0 N–H and O–H groups in total. The molecular weight excluding hydrogens is 217 g/mol. The lowest BCUT2D eigenvalue weighted by atomic mass is 10.1. The van der Waals surface area contributed by atoms with E-state index in [9.17, 15) is 0 Å². The van der Waals surface area contributed by atoms with Crippen LogP contribution in [0.3, 0.4) is 0 Å². The summed E-state index contributed by atoms with van der Waals surface area (Å²) in [5, 5.41) is 1.17. The number of aryl methyl sites for hydroxylation is 1. The molecule has 14 heavy (non-hydrogen) atoms. The number of pyridine rings is 1. The SMILES string of the molecule is Cc1cc2ccccc2nc1CCl.Cl. The number of aromatic nitrogens is 1. The lowest BCUT2D eigenvalue weighted by Crippen LogP contribution is -1.90. The van der Waals surface area contributed by atoms with Gasteiger partial charge in [-0.3, -0.25) is 4.98 Å². The van der Waals surface area contributed by atoms with Crippen molar-refractivity contribution >= 4 is 34.9 Å². The Hall–Kier alpha value is -0.790. The Kier molecular flexibility index (Phi) is 3.73. The first-order valence-electron chi connectivity index (χ1n) is 4.22. The van der Waals surface area contributed by atoms with Crippen molar-refractivity contribution in [1.29, 1.82) is 0 Å². The Balaban J connectivity index is 0.000000980. The van der Waals surface area contributed by atoms with Gasteiger partial charge in [0.2, 0.25) is 0 Å². The monoisotopic (exact) mass is 227 g/mol. The van der Waals surface area contributed by atoms with Crippen LogP contribution in [0.15, 0.2) is 30.3 Å². The first-order chi connectivity index (χ1) is 6.31. The molecule has 1 heterocycles. The van der Waals surface area contributed by atoms with E-state index in [4.69, 9.17) is 11.6 Å². The lowest BCUT2D eigenvalue weighted by Gasteiger charge is -2.03. The highest BCUT2D eigenvalue weighted by Crippen LogP contribution is 2.16. The maximum atomic E-state index is 5.77. The van der Waals surface area contributed by atoms with Crippen molar-refractivity contribution in [3.63, 3.8) is 0 Å². The van der Waals surface area contributed by atoms with E-state index in [0.717, 1.165) is 16.8 Å². The topological polar surface area (TPSA) is 12.9 Å². The molecule has 3 heteroatoms. The first-order valence-corrected chi connectivity index (χ1v) is 4.76. The molecule has 0 saturated heterocycles. The van der Waals surface area contributed by atoms with Gasteiger partial charge in [0.1, 0.15) is 0 Å². The summed E-state index contributed by atoms with van der Waals surface area (Å²) in [7, 11) is 0. The molecule has 0 atom stereocenters. The Bertz CT molecular complexity index is 440. The van der Waals surface area contributed by atoms with E-state index >= 15 is 0 Å². The van der Waals surface area contributed by atoms with Gasteiger partial charge in [-0.25, -0.2) is 0 Å². The molecule has 0 unspecified atom stereocenters. The number of para-hydroxylation sites is 1. The summed E-state index contributed by atoms with van der Waals surface area (Å²) >= 11 is 5.77. The van der Waals surface area contributed by atoms with Gasteiger partial charge < -0.3 is 0 Å². The highest BCUT2D eigenvalue weighted by molar-refractivity contribution is 6.17. The van der Waals surface area contributed by atoms with Crippen LogP contribution in [-0.4, -0.2) is 4.98 Å². The zero-order chi connectivity index (χ0) is 9.26. The molecule has 0 spiro atoms. The van der Waals surface area contributed by atoms with Crippen LogP contribution in [0.2, 0.25) is 0 Å². The fourth-order valence-electron chi connectivity index (χ4n) is 1.40. The summed E-state index contributed by atoms with van der Waals surface area (Å²) in [5.74, 6) is 0.483. The fraction of sp³-hybridized carbons (Fsp3) is 0.182. The number of nitrogens with zero attached hydrogens (tertiary/aromatic N) is 1. The van der Waals surface area contributed by atoms with Crippen molar-refractivity contribution in [1.82, 2.24) is 4.98 Å². The molecule has 0 aliphatic carbocycles. The largest absolute Gasteiger partial charge is 0.251 e. The summed E-state index contributed by atoms with van der Waals surface area (Å²) in [6.07, 6.45) is 0. The van der Waals surface area contributed by atoms with Gasteiger partial charge in [0.15, 0.2) is 0 Å². The fourth-order valence-corrected chi connectivity index (χ4v) is 1.67. The molecule has 1 aromatic carbocycles. The van der Waals surface area contributed by atoms with Crippen molar-refractivity contribution in [2.24, 2.45) is 0 Å². The molecule has 0 saturated carbocycles. The number of benzene rings is 1. The van der Waals surface area contributed by atoms with E-state index in [2.05, 4.69) is 17.1 Å². The predicted octanol–water partition coefficient (Wildman–Crippen LogP) is 3.70. The van der Waals surface area contributed by atoms with Gasteiger partial charge in [-0.15, -0.1) is 24.0 Å². The van der Waals surface area contributed by atoms with Gasteiger partial charge in [0, 0.05) is 5.39 Å². The molecular formula is C11H11Cl2N. The normalized spacial score (nSPS) is 9.86. The summed E-state index contributed by atoms with van der Waals surface area (Å²) in [6, 6.07) is 10.2. The van der Waals surface area contributed by atoms with E-state index < -0.39 is 0 Å². The summed E-state index contributed by atoms with van der Waals surface area (Å²) < 4.78 is 0. The molecule has 74 valence electrons. The standard InChI is InChI=1S/C11H10ClN.ClH/c1-8-6-9-4-2-3-5-10(9)13-11(8)7-12;/h2-6H,7H2,1H3;1H. The zero-order valence-electron chi connectivity index (χ0n) is 7.83. The van der Waals surface area contributed by atoms with Crippen molar-refractivity contribution in [2.75, 3.05) is 0 Å². The minimum Gasteiger partial charge on any atom is -0.251 e. The van der Waals surface area contributed by atoms with Gasteiger partial charge in [-0.1, -0.05) is 18.2 Å². The molecule has 0 aliphatic rings. The average molecular weight is 228 g/mol. The van der Waals surface area contributed by atoms with Crippen molar-refractivity contribution < 1.29 is 0 Å². The Morgan fingerprint density at radius 3 is 2.71 bits per heavy atom. The number of hydrogen-bond donors (Lipinski definition) is 0. The van der Waals surface area contributed by atoms with Crippen LogP contribution < -0.4 is 0 Å². The first kappa shape index (κ1) is 11.3. The summed E-state index contributed by atoms with van der Waals surface area (Å²) in [6.45, 7) is 2.04. The van der Waals surface area contributed by atoms with Crippen LogP contribution in [-0.2, 0) is 5.88 Å². The van der Waals surface area contributed by atoms with Gasteiger partial charge in [0.05, 0.1) is 17.1 Å². The number of hydrogen-bond acceptors (Lipinski definition) is 1. The molecule has 0 fully saturated rings. The smallest absolute Gasteiger partial charge is 0.0706 e. The van der Waals surface area contributed by atoms with E-state index in [0.29, 0.717) is 5.88 Å². The second-order valence-corrected chi connectivity index (χ2v) is 3.35. The highest BCUT2D eigenvalue weighted by atomic mass is 35.5. The quantitative estimate of drug-likeness (QED) is 0.678. The van der Waals surface area contributed by atoms with Gasteiger partial charge >= 0.3 is 0 Å². The predicted molar refractivity (Wildman–Crippen MR) is 63.3 cm³/mol. The molecule has 2 rings (SSSR count). The number of halogens is 2. The summed E-state index contributed by atoms with van der Waals surface area (Å²) in [4.78, 5) is 4.46. The maximum Gasteiger partial charge on any atom is 0.0706 e. The Labute approximate surface area is 94.5 Å². The minimum atomic E-state index is 0. The van der Waals surface area contributed by atoms with Crippen molar-refractivity contribution in [3.8, 4) is 0 Å². The number of rotatable bonds is 1. The van der Waals surface area contributed by atoms with Crippen LogP contribution in [0.5, 0.6) is 0 Å². The molecule has 0 radical (unpaired) electrons. The van der Waals surface area contributed by atoms with Crippen LogP contribution in [0.25, 0.3) is 10.9 Å². The van der Waals surface area contributed by atoms with Gasteiger partial charge in [-0.05, 0) is 24.6 Å². The molecule has 1 nitrogen and oxygen atoms in total. The lowest BCUT2D eigenvalue weighted by molar-refractivity contribution is 1.16. The third-order valence-electron chi connectivity index (χ3n) is 2.15. The average Bonchev–Trinajstić information content (AvgIpc) is 2.17. The molecule has 0 aliphatic heterocycles. The van der Waals surface area contributed by atoms with E-state index in [1.165, 1.54) is 5.39 Å². The van der Waals surface area contributed by atoms with Gasteiger partial charge in [0.25, 0.3) is 0 Å². The van der Waals surface area contributed by atoms with Crippen molar-refractivity contribution in [3.05, 3.63) is 41.6 Å². The van der Waals surface area contributed by atoms with E-state index in [1.807, 2.05) is 25.1 Å². The second kappa shape index (κ2) is 4.63. The summed E-state index contributed by atoms with van der Waals surface area (Å²) in [5.41, 5.74) is 3.15. The van der Waals surface area contributed by atoms with Gasteiger partial charge in [-0.2, -0.15) is 0 Å². The number of fused-ring (bicyclic) bond motifs is 1. The zero-order valence-corrected chi connectivity index (χ0v) is 9.40. The molecule has 2 aromatic rings. The molecule has 0 amide bonds. The third-order valence-corrected chi connectivity index (χ3v) is 2.40. The van der Waals surface area contributed by atoms with Crippen LogP contribution in [0.1, 0.15) is 11.3 Å². The van der Waals surface area contributed by atoms with Crippen molar-refractivity contribution in [2.45, 2.75) is 12.8 Å². The Morgan fingerprint density at radius 2 is 2.00 bits per heavy atom. The van der Waals surface area contributed by atoms with Crippen LogP contribution >= 0.6 is 24.0 Å². The maximum absolute atomic E-state index is 5.77. The minimum absolute atomic E-state index is 0. The second-order valence-electron chi connectivity index (χ2n) is 3.08. The third kappa shape index (κ3) is 1.99.